The van der Waals surface area contributed by atoms with Gasteiger partial charge in [0, 0.05) is 68.6 Å². The van der Waals surface area contributed by atoms with Crippen LogP contribution < -0.4 is 25.5 Å². The van der Waals surface area contributed by atoms with Gasteiger partial charge in [-0.2, -0.15) is 0 Å². The van der Waals surface area contributed by atoms with Crippen LogP contribution in [0.4, 0.5) is 0 Å². The normalized spacial score (nSPS) is 8.08. The molecule has 0 radical (unpaired) electrons. The van der Waals surface area contributed by atoms with Gasteiger partial charge in [-0.1, -0.05) is 0 Å². The predicted molar refractivity (Wildman–Crippen MR) is 83.7 cm³/mol. The first-order chi connectivity index (χ1) is 12.1. The van der Waals surface area contributed by atoms with Gasteiger partial charge >= 0.3 is 22.4 Å². The molecule has 0 rings (SSSR count). The molecular formula is C15H35NbO10. The van der Waals surface area contributed by atoms with Gasteiger partial charge in [0.25, 0.3) is 0 Å². The van der Waals surface area contributed by atoms with E-state index in [0.29, 0.717) is 33.0 Å². The van der Waals surface area contributed by atoms with E-state index in [9.17, 15) is 25.5 Å². The Morgan fingerprint density at radius 3 is 0.500 bits per heavy atom. The second-order valence-corrected chi connectivity index (χ2v) is 3.48. The van der Waals surface area contributed by atoms with Crippen molar-refractivity contribution in [2.45, 2.75) is 0 Å². The van der Waals surface area contributed by atoms with Gasteiger partial charge in [0.15, 0.2) is 0 Å². The Kier molecular flexibility index (Phi) is 100. The summed E-state index contributed by atoms with van der Waals surface area (Å²) < 4.78 is 21.9. The van der Waals surface area contributed by atoms with Crippen LogP contribution in [0.1, 0.15) is 0 Å². The van der Waals surface area contributed by atoms with E-state index in [0.717, 1.165) is 0 Å². The summed E-state index contributed by atoms with van der Waals surface area (Å²) in [4.78, 5) is 0. The number of hydrogen-bond acceptors (Lipinski definition) is 10. The molecular weight excluding hydrogens is 433 g/mol. The van der Waals surface area contributed by atoms with Crippen molar-refractivity contribution in [3.8, 4) is 0 Å². The largest absolute Gasteiger partial charge is 5.00 e. The quantitative estimate of drug-likeness (QED) is 0.284. The fraction of sp³-hybridized carbons (Fsp3) is 1.00. The first-order valence-corrected chi connectivity index (χ1v) is 7.43. The van der Waals surface area contributed by atoms with E-state index < -0.39 is 0 Å². The van der Waals surface area contributed by atoms with Crippen molar-refractivity contribution in [2.24, 2.45) is 0 Å². The molecule has 160 valence electrons. The minimum Gasteiger partial charge on any atom is -0.853 e. The summed E-state index contributed by atoms with van der Waals surface area (Å²) >= 11 is 0. The van der Waals surface area contributed by atoms with Crippen molar-refractivity contribution in [3.63, 3.8) is 0 Å². The number of ether oxygens (including phenoxy) is 5. The monoisotopic (exact) mass is 468 g/mol. The van der Waals surface area contributed by atoms with Gasteiger partial charge in [0.2, 0.25) is 0 Å². The SMILES string of the molecule is COCC[O-].COCC[O-].COCC[O-].COCC[O-].COCC[O-].[Nb+5]. The zero-order valence-corrected chi connectivity index (χ0v) is 18.8. The zero-order valence-electron chi connectivity index (χ0n) is 16.6. The molecule has 0 saturated heterocycles. The third-order valence-corrected chi connectivity index (χ3v) is 1.44. The Labute approximate surface area is 173 Å². The van der Waals surface area contributed by atoms with Crippen molar-refractivity contribution in [2.75, 3.05) is 102 Å². The van der Waals surface area contributed by atoms with Crippen LogP contribution in [0.3, 0.4) is 0 Å². The fourth-order valence-corrected chi connectivity index (χ4v) is 0.417. The smallest absolute Gasteiger partial charge is 0.853 e. The van der Waals surface area contributed by atoms with Crippen LogP contribution in [0, 0.1) is 0 Å². The van der Waals surface area contributed by atoms with Crippen LogP contribution in [0.25, 0.3) is 0 Å². The standard InChI is InChI=1S/5C3H7O2.Nb/c5*1-5-3-2-4;/h5*2-3H2,1H3;/q5*-1;+5. The molecule has 0 aliphatic heterocycles. The van der Waals surface area contributed by atoms with E-state index >= 15 is 0 Å². The number of rotatable bonds is 10. The Morgan fingerprint density at radius 1 is 0.385 bits per heavy atom. The van der Waals surface area contributed by atoms with Crippen LogP contribution in [0.15, 0.2) is 0 Å². The Hall–Kier alpha value is 0.340. The molecule has 0 unspecified atom stereocenters. The molecule has 10 nitrogen and oxygen atoms in total. The maximum absolute atomic E-state index is 9.40. The molecule has 11 heteroatoms. The van der Waals surface area contributed by atoms with E-state index in [1.165, 1.54) is 35.5 Å². The van der Waals surface area contributed by atoms with Gasteiger partial charge < -0.3 is 49.2 Å². The third kappa shape index (κ3) is 124. The minimum atomic E-state index is -0.128. The van der Waals surface area contributed by atoms with Crippen molar-refractivity contribution in [1.29, 1.82) is 0 Å². The number of hydrogen-bond donors (Lipinski definition) is 0. The van der Waals surface area contributed by atoms with Gasteiger partial charge in [-0.05, 0) is 0 Å². The molecule has 0 spiro atoms. The van der Waals surface area contributed by atoms with E-state index in [4.69, 9.17) is 0 Å². The number of methoxy groups -OCH3 is 5. The van der Waals surface area contributed by atoms with Crippen molar-refractivity contribution in [1.82, 2.24) is 0 Å². The van der Waals surface area contributed by atoms with Crippen LogP contribution in [0.5, 0.6) is 0 Å². The minimum absolute atomic E-state index is 0. The molecule has 0 aromatic carbocycles. The topological polar surface area (TPSA) is 161 Å². The van der Waals surface area contributed by atoms with Gasteiger partial charge in [0.05, 0.1) is 0 Å². The molecule has 0 bridgehead atoms. The summed E-state index contributed by atoms with van der Waals surface area (Å²) in [5.41, 5.74) is 0. The Bertz CT molecular complexity index is 103. The average molecular weight is 468 g/mol. The first-order valence-electron chi connectivity index (χ1n) is 7.43. The van der Waals surface area contributed by atoms with Crippen LogP contribution >= 0.6 is 0 Å². The third-order valence-electron chi connectivity index (χ3n) is 1.44. The molecule has 0 aromatic rings. The molecule has 0 aromatic heterocycles. The molecule has 26 heavy (non-hydrogen) atoms. The van der Waals surface area contributed by atoms with Crippen molar-refractivity contribution in [3.05, 3.63) is 0 Å². The van der Waals surface area contributed by atoms with Crippen LogP contribution in [-0.2, 0) is 46.1 Å². The second-order valence-electron chi connectivity index (χ2n) is 3.48. The molecule has 0 heterocycles. The summed E-state index contributed by atoms with van der Waals surface area (Å²) in [7, 11) is 7.56. The molecule has 0 N–H and O–H groups in total. The second kappa shape index (κ2) is 63.8. The summed E-state index contributed by atoms with van der Waals surface area (Å²) in [6, 6.07) is 0. The van der Waals surface area contributed by atoms with Crippen molar-refractivity contribution >= 4 is 0 Å². The van der Waals surface area contributed by atoms with E-state index in [-0.39, 0.29) is 55.4 Å². The summed E-state index contributed by atoms with van der Waals surface area (Å²) in [6.45, 7) is 1.02. The van der Waals surface area contributed by atoms with Crippen LogP contribution in [-0.4, -0.2) is 102 Å². The van der Waals surface area contributed by atoms with Crippen molar-refractivity contribution < 1.29 is 71.6 Å². The Morgan fingerprint density at radius 2 is 0.500 bits per heavy atom. The average Bonchev–Trinajstić information content (AvgIpc) is 2.61. The maximum atomic E-state index is 9.40. The molecule has 0 atom stereocenters. The molecule has 0 fully saturated rings. The van der Waals surface area contributed by atoms with Gasteiger partial charge in [0.1, 0.15) is 0 Å². The molecule has 0 saturated carbocycles. The summed E-state index contributed by atoms with van der Waals surface area (Å²) in [5.74, 6) is 0. The predicted octanol–water partition coefficient (Wildman–Crippen LogP) is -5.04. The van der Waals surface area contributed by atoms with Gasteiger partial charge in [-0.25, -0.2) is 0 Å². The van der Waals surface area contributed by atoms with Gasteiger partial charge in [-0.15, -0.1) is 33.0 Å². The zero-order chi connectivity index (χ0) is 20.6. The summed E-state index contributed by atoms with van der Waals surface area (Å²) in [5, 5.41) is 47.0. The van der Waals surface area contributed by atoms with E-state index in [1.807, 2.05) is 0 Å². The molecule has 0 amide bonds. The maximum Gasteiger partial charge on any atom is 5.00 e. The Balaban J connectivity index is -0.0000000476. The first kappa shape index (κ1) is 40.9. The molecule has 0 aliphatic carbocycles. The summed E-state index contributed by atoms with van der Waals surface area (Å²) in [6.07, 6.45) is 0. The molecule has 0 aliphatic rings. The van der Waals surface area contributed by atoms with Gasteiger partial charge in [-0.3, -0.25) is 0 Å². The van der Waals surface area contributed by atoms with E-state index in [1.54, 1.807) is 0 Å². The fourth-order valence-electron chi connectivity index (χ4n) is 0.417. The van der Waals surface area contributed by atoms with E-state index in [2.05, 4.69) is 23.7 Å². The van der Waals surface area contributed by atoms with Crippen LogP contribution in [0.2, 0.25) is 0 Å².